The average molecular weight is 327 g/mol. The quantitative estimate of drug-likeness (QED) is 0.814. The number of hydrogen-bond acceptors (Lipinski definition) is 4. The Hall–Kier alpha value is -2.21. The zero-order valence-corrected chi connectivity index (χ0v) is 13.7. The number of amides is 3. The Kier molecular flexibility index (Phi) is 3.41. The van der Waals surface area contributed by atoms with Crippen molar-refractivity contribution in [2.24, 2.45) is 0 Å². The van der Waals surface area contributed by atoms with Crippen LogP contribution in [-0.4, -0.2) is 32.8 Å². The molecule has 1 aromatic carbocycles. The molecule has 3 heterocycles. The number of fused-ring (bicyclic) bond motifs is 2. The summed E-state index contributed by atoms with van der Waals surface area (Å²) in [6.07, 6.45) is 3.35. The predicted molar refractivity (Wildman–Crippen MR) is 86.9 cm³/mol. The van der Waals surface area contributed by atoms with Gasteiger partial charge in [-0.1, -0.05) is 31.2 Å². The van der Waals surface area contributed by atoms with E-state index in [1.54, 1.807) is 16.2 Å². The summed E-state index contributed by atoms with van der Waals surface area (Å²) in [6.45, 7) is 2.87. The van der Waals surface area contributed by atoms with E-state index in [1.807, 2.05) is 30.5 Å². The number of aromatic nitrogens is 1. The molecule has 0 unspecified atom stereocenters. The standard InChI is InChI=1S/C17H17N3O2S/c1-2-13-8-18-15(23-13)10-20-16(21)14-7-11-5-3-4-6-12(11)9-19(14)17(20)22/h3-6,8,14H,2,7,9-10H2,1H3/t14-/m1/s1. The first-order valence-electron chi connectivity index (χ1n) is 7.79. The van der Waals surface area contributed by atoms with Gasteiger partial charge in [-0.3, -0.25) is 9.69 Å². The minimum Gasteiger partial charge on any atom is -0.308 e. The van der Waals surface area contributed by atoms with Crippen LogP contribution in [0.5, 0.6) is 0 Å². The van der Waals surface area contributed by atoms with Crippen molar-refractivity contribution in [2.45, 2.75) is 38.9 Å². The molecule has 1 saturated heterocycles. The van der Waals surface area contributed by atoms with Crippen LogP contribution in [0.1, 0.15) is 27.9 Å². The van der Waals surface area contributed by atoms with Crippen molar-refractivity contribution in [1.82, 2.24) is 14.8 Å². The lowest BCUT2D eigenvalue weighted by molar-refractivity contribution is -0.128. The van der Waals surface area contributed by atoms with Crippen molar-refractivity contribution >= 4 is 23.3 Å². The molecule has 0 spiro atoms. The Balaban J connectivity index is 1.58. The fourth-order valence-electron chi connectivity index (χ4n) is 3.24. The van der Waals surface area contributed by atoms with Crippen LogP contribution in [0, 0.1) is 0 Å². The number of urea groups is 1. The number of nitrogens with zero attached hydrogens (tertiary/aromatic N) is 3. The molecule has 6 heteroatoms. The van der Waals surface area contributed by atoms with Crippen LogP contribution < -0.4 is 0 Å². The van der Waals surface area contributed by atoms with Gasteiger partial charge >= 0.3 is 6.03 Å². The number of imide groups is 1. The molecule has 118 valence electrons. The van der Waals surface area contributed by atoms with Crippen LogP contribution in [0.2, 0.25) is 0 Å². The number of carbonyl (C=O) groups excluding carboxylic acids is 2. The second kappa shape index (κ2) is 5.45. The van der Waals surface area contributed by atoms with Gasteiger partial charge in [0.05, 0.1) is 6.54 Å². The van der Waals surface area contributed by atoms with Gasteiger partial charge in [0.2, 0.25) is 0 Å². The third kappa shape index (κ3) is 2.34. The lowest BCUT2D eigenvalue weighted by Gasteiger charge is -2.28. The van der Waals surface area contributed by atoms with Crippen LogP contribution in [-0.2, 0) is 30.7 Å². The van der Waals surface area contributed by atoms with Gasteiger partial charge in [0.25, 0.3) is 5.91 Å². The highest BCUT2D eigenvalue weighted by Crippen LogP contribution is 2.31. The zero-order valence-electron chi connectivity index (χ0n) is 12.9. The first-order valence-corrected chi connectivity index (χ1v) is 8.61. The molecule has 1 atom stereocenters. The van der Waals surface area contributed by atoms with Crippen molar-refractivity contribution in [2.75, 3.05) is 0 Å². The lowest BCUT2D eigenvalue weighted by atomic mass is 9.95. The summed E-state index contributed by atoms with van der Waals surface area (Å²) in [5.41, 5.74) is 2.30. The van der Waals surface area contributed by atoms with Gasteiger partial charge < -0.3 is 4.90 Å². The largest absolute Gasteiger partial charge is 0.328 e. The minimum absolute atomic E-state index is 0.0993. The summed E-state index contributed by atoms with van der Waals surface area (Å²) in [4.78, 5) is 33.9. The maximum Gasteiger partial charge on any atom is 0.328 e. The molecular weight excluding hydrogens is 310 g/mol. The van der Waals surface area contributed by atoms with E-state index in [0.29, 0.717) is 13.0 Å². The molecule has 5 nitrogen and oxygen atoms in total. The van der Waals surface area contributed by atoms with Crippen molar-refractivity contribution in [3.63, 3.8) is 0 Å². The van der Waals surface area contributed by atoms with Gasteiger partial charge in [0, 0.05) is 24.0 Å². The van der Waals surface area contributed by atoms with Crippen LogP contribution in [0.15, 0.2) is 30.5 Å². The fraction of sp³-hybridized carbons (Fsp3) is 0.353. The van der Waals surface area contributed by atoms with E-state index in [4.69, 9.17) is 0 Å². The maximum absolute atomic E-state index is 12.7. The second-order valence-corrected chi connectivity index (χ2v) is 7.10. The molecule has 2 aromatic rings. The topological polar surface area (TPSA) is 53.5 Å². The molecule has 4 rings (SSSR count). The molecule has 1 fully saturated rings. The van der Waals surface area contributed by atoms with Crippen molar-refractivity contribution in [1.29, 1.82) is 0 Å². The van der Waals surface area contributed by atoms with Crippen molar-refractivity contribution < 1.29 is 9.59 Å². The minimum atomic E-state index is -0.358. The Morgan fingerprint density at radius 2 is 2.04 bits per heavy atom. The summed E-state index contributed by atoms with van der Waals surface area (Å²) in [5, 5.41) is 0.820. The fourth-order valence-corrected chi connectivity index (χ4v) is 4.09. The number of rotatable bonds is 3. The van der Waals surface area contributed by atoms with Gasteiger partial charge in [0.15, 0.2) is 0 Å². The summed E-state index contributed by atoms with van der Waals surface area (Å²) < 4.78 is 0. The SMILES string of the molecule is CCc1cnc(CN2C(=O)[C@H]3Cc4ccccc4CN3C2=O)s1. The van der Waals surface area contributed by atoms with E-state index in [9.17, 15) is 9.59 Å². The molecule has 0 radical (unpaired) electrons. The van der Waals surface area contributed by atoms with Crippen LogP contribution in [0.25, 0.3) is 0 Å². The van der Waals surface area contributed by atoms with E-state index >= 15 is 0 Å². The number of aryl methyl sites for hydroxylation is 1. The predicted octanol–water partition coefficient (Wildman–Crippen LogP) is 2.59. The summed E-state index contributed by atoms with van der Waals surface area (Å²) in [5.74, 6) is -0.0993. The monoisotopic (exact) mass is 327 g/mol. The molecule has 0 saturated carbocycles. The highest BCUT2D eigenvalue weighted by atomic mass is 32.1. The zero-order chi connectivity index (χ0) is 16.0. The van der Waals surface area contributed by atoms with Crippen LogP contribution >= 0.6 is 11.3 Å². The highest BCUT2D eigenvalue weighted by Gasteiger charge is 2.47. The van der Waals surface area contributed by atoms with Gasteiger partial charge in [-0.25, -0.2) is 9.78 Å². The van der Waals surface area contributed by atoms with Gasteiger partial charge in [-0.15, -0.1) is 11.3 Å². The second-order valence-electron chi connectivity index (χ2n) is 5.90. The van der Waals surface area contributed by atoms with E-state index in [2.05, 4.69) is 11.9 Å². The third-order valence-corrected chi connectivity index (χ3v) is 5.65. The smallest absolute Gasteiger partial charge is 0.308 e. The first kappa shape index (κ1) is 14.4. The van der Waals surface area contributed by atoms with Crippen LogP contribution in [0.3, 0.4) is 0 Å². The Morgan fingerprint density at radius 1 is 1.26 bits per heavy atom. The van der Waals surface area contributed by atoms with E-state index in [1.165, 1.54) is 15.3 Å². The van der Waals surface area contributed by atoms with E-state index in [-0.39, 0.29) is 24.5 Å². The van der Waals surface area contributed by atoms with Gasteiger partial charge in [-0.05, 0) is 17.5 Å². The molecule has 0 aliphatic carbocycles. The Morgan fingerprint density at radius 3 is 2.78 bits per heavy atom. The molecular formula is C17H17N3O2S. The normalized spacial score (nSPS) is 20.0. The number of hydrogen-bond donors (Lipinski definition) is 0. The van der Waals surface area contributed by atoms with Gasteiger partial charge in [-0.2, -0.15) is 0 Å². The lowest BCUT2D eigenvalue weighted by Crippen LogP contribution is -2.39. The number of carbonyl (C=O) groups is 2. The summed E-state index contributed by atoms with van der Waals surface area (Å²) in [7, 11) is 0. The average Bonchev–Trinajstić information content (AvgIpc) is 3.12. The Labute approximate surface area is 138 Å². The maximum atomic E-state index is 12.7. The molecule has 0 N–H and O–H groups in total. The molecule has 1 aromatic heterocycles. The molecule has 3 amide bonds. The molecule has 0 bridgehead atoms. The summed E-state index contributed by atoms with van der Waals surface area (Å²) in [6, 6.07) is 7.48. The van der Waals surface area contributed by atoms with Crippen molar-refractivity contribution in [3.8, 4) is 0 Å². The van der Waals surface area contributed by atoms with E-state index < -0.39 is 0 Å². The van der Waals surface area contributed by atoms with Crippen LogP contribution in [0.4, 0.5) is 4.79 Å². The van der Waals surface area contributed by atoms with Crippen molar-refractivity contribution in [3.05, 3.63) is 51.5 Å². The molecule has 2 aliphatic heterocycles. The highest BCUT2D eigenvalue weighted by molar-refractivity contribution is 7.11. The molecule has 23 heavy (non-hydrogen) atoms. The third-order valence-electron chi connectivity index (χ3n) is 4.52. The molecule has 2 aliphatic rings. The Bertz CT molecular complexity index is 743. The van der Waals surface area contributed by atoms with E-state index in [0.717, 1.165) is 17.0 Å². The number of thiazole rings is 1. The summed E-state index contributed by atoms with van der Waals surface area (Å²) >= 11 is 1.57. The first-order chi connectivity index (χ1) is 11.2. The number of benzene rings is 1. The van der Waals surface area contributed by atoms with Gasteiger partial charge in [0.1, 0.15) is 11.0 Å².